The second kappa shape index (κ2) is 6.26. The van der Waals surface area contributed by atoms with Crippen LogP contribution >= 0.6 is 0 Å². The van der Waals surface area contributed by atoms with Crippen molar-refractivity contribution in [3.8, 4) is 0 Å². The fourth-order valence-electron chi connectivity index (χ4n) is 2.47. The van der Waals surface area contributed by atoms with E-state index in [1.165, 1.54) is 0 Å². The third-order valence-electron chi connectivity index (χ3n) is 4.32. The number of carbonyl (C=O) groups excluding carboxylic acids is 1. The number of benzene rings is 1. The predicted molar refractivity (Wildman–Crippen MR) is 83.0 cm³/mol. The number of rotatable bonds is 6. The van der Waals surface area contributed by atoms with Crippen LogP contribution in [0.15, 0.2) is 30.6 Å². The van der Waals surface area contributed by atoms with Crippen LogP contribution < -0.4 is 5.32 Å². The molecule has 2 N–H and O–H groups in total. The average Bonchev–Trinajstić information content (AvgIpc) is 2.96. The van der Waals surface area contributed by atoms with Gasteiger partial charge in [-0.15, -0.1) is 0 Å². The summed E-state index contributed by atoms with van der Waals surface area (Å²) in [7, 11) is 0. The maximum atomic E-state index is 12.5. The number of aliphatic hydroxyl groups excluding tert-OH is 1. The van der Waals surface area contributed by atoms with Crippen molar-refractivity contribution in [2.45, 2.75) is 45.2 Å². The normalized spacial score (nSPS) is 13.3. The smallest absolute Gasteiger partial charge is 0.243 e. The zero-order valence-corrected chi connectivity index (χ0v) is 12.8. The van der Waals surface area contributed by atoms with E-state index in [0.717, 1.165) is 11.0 Å². The SMILES string of the molecule is CCC(CC)(CO)NC(=O)C(C)n1cnc2ccccc21. The molecule has 0 aliphatic rings. The third kappa shape index (κ3) is 2.93. The Kier molecular flexibility index (Phi) is 4.63. The van der Waals surface area contributed by atoms with Crippen LogP contribution in [0.2, 0.25) is 0 Å². The number of fused-ring (bicyclic) bond motifs is 1. The van der Waals surface area contributed by atoms with Crippen LogP contribution in [-0.4, -0.2) is 32.7 Å². The molecule has 0 spiro atoms. The van der Waals surface area contributed by atoms with Gasteiger partial charge in [-0.05, 0) is 31.9 Å². The minimum atomic E-state index is -0.540. The molecule has 1 aromatic heterocycles. The van der Waals surface area contributed by atoms with Crippen molar-refractivity contribution in [2.75, 3.05) is 6.61 Å². The van der Waals surface area contributed by atoms with Gasteiger partial charge in [-0.1, -0.05) is 26.0 Å². The van der Waals surface area contributed by atoms with E-state index in [1.54, 1.807) is 6.33 Å². The molecule has 0 saturated carbocycles. The number of aromatic nitrogens is 2. The highest BCUT2D eigenvalue weighted by atomic mass is 16.3. The molecule has 114 valence electrons. The van der Waals surface area contributed by atoms with Gasteiger partial charge >= 0.3 is 0 Å². The van der Waals surface area contributed by atoms with Gasteiger partial charge < -0.3 is 15.0 Å². The zero-order valence-electron chi connectivity index (χ0n) is 12.8. The van der Waals surface area contributed by atoms with Crippen molar-refractivity contribution in [3.05, 3.63) is 30.6 Å². The monoisotopic (exact) mass is 289 g/mol. The summed E-state index contributed by atoms with van der Waals surface area (Å²) in [5.41, 5.74) is 1.26. The van der Waals surface area contributed by atoms with Crippen LogP contribution in [0.1, 0.15) is 39.7 Å². The lowest BCUT2D eigenvalue weighted by Crippen LogP contribution is -2.52. The molecule has 1 aromatic carbocycles. The van der Waals surface area contributed by atoms with E-state index in [2.05, 4.69) is 10.3 Å². The lowest BCUT2D eigenvalue weighted by molar-refractivity contribution is -0.126. The summed E-state index contributed by atoms with van der Waals surface area (Å²) < 4.78 is 1.86. The van der Waals surface area contributed by atoms with Crippen molar-refractivity contribution in [1.82, 2.24) is 14.9 Å². The molecule has 5 heteroatoms. The lowest BCUT2D eigenvalue weighted by Gasteiger charge is -2.32. The van der Waals surface area contributed by atoms with Crippen molar-refractivity contribution in [1.29, 1.82) is 0 Å². The van der Waals surface area contributed by atoms with Crippen LogP contribution in [0.5, 0.6) is 0 Å². The largest absolute Gasteiger partial charge is 0.394 e. The number of para-hydroxylation sites is 2. The molecule has 1 amide bonds. The molecular weight excluding hydrogens is 266 g/mol. The Hall–Kier alpha value is -1.88. The van der Waals surface area contributed by atoms with Gasteiger partial charge in [-0.25, -0.2) is 4.98 Å². The molecule has 0 bridgehead atoms. The quantitative estimate of drug-likeness (QED) is 0.857. The van der Waals surface area contributed by atoms with E-state index in [9.17, 15) is 9.90 Å². The standard InChI is InChI=1S/C16H23N3O2/c1-4-16(5-2,10-20)18-15(21)12(3)19-11-17-13-8-6-7-9-14(13)19/h6-9,11-12,20H,4-5,10H2,1-3H3,(H,18,21). The summed E-state index contributed by atoms with van der Waals surface area (Å²) in [4.78, 5) is 16.8. The molecule has 0 radical (unpaired) electrons. The molecule has 2 rings (SSSR count). The number of hydrogen-bond donors (Lipinski definition) is 2. The zero-order chi connectivity index (χ0) is 15.5. The number of hydrogen-bond acceptors (Lipinski definition) is 3. The number of aliphatic hydroxyl groups is 1. The number of nitrogens with one attached hydrogen (secondary N) is 1. The van der Waals surface area contributed by atoms with E-state index in [1.807, 2.05) is 49.6 Å². The van der Waals surface area contributed by atoms with E-state index in [4.69, 9.17) is 0 Å². The van der Waals surface area contributed by atoms with Crippen molar-refractivity contribution < 1.29 is 9.90 Å². The molecule has 0 saturated heterocycles. The first-order chi connectivity index (χ1) is 10.1. The number of imidazole rings is 1. The van der Waals surface area contributed by atoms with E-state index < -0.39 is 5.54 Å². The Balaban J connectivity index is 2.23. The Bertz CT molecular complexity index is 608. The highest BCUT2D eigenvalue weighted by Crippen LogP contribution is 2.20. The molecule has 0 aliphatic carbocycles. The van der Waals surface area contributed by atoms with Crippen molar-refractivity contribution in [3.63, 3.8) is 0 Å². The molecule has 21 heavy (non-hydrogen) atoms. The maximum Gasteiger partial charge on any atom is 0.243 e. The minimum Gasteiger partial charge on any atom is -0.394 e. The Morgan fingerprint density at radius 3 is 2.67 bits per heavy atom. The minimum absolute atomic E-state index is 0.0524. The third-order valence-corrected chi connectivity index (χ3v) is 4.32. The van der Waals surface area contributed by atoms with Gasteiger partial charge in [-0.2, -0.15) is 0 Å². The van der Waals surface area contributed by atoms with Gasteiger partial charge in [0.15, 0.2) is 0 Å². The lowest BCUT2D eigenvalue weighted by atomic mass is 9.93. The Morgan fingerprint density at radius 1 is 1.38 bits per heavy atom. The summed E-state index contributed by atoms with van der Waals surface area (Å²) in [5.74, 6) is -0.101. The van der Waals surface area contributed by atoms with Crippen LogP contribution in [0.25, 0.3) is 11.0 Å². The molecule has 1 atom stereocenters. The first-order valence-corrected chi connectivity index (χ1v) is 7.41. The predicted octanol–water partition coefficient (Wildman–Crippen LogP) is 2.26. The van der Waals surface area contributed by atoms with Crippen LogP contribution in [0.3, 0.4) is 0 Å². The number of nitrogens with zero attached hydrogens (tertiary/aromatic N) is 2. The maximum absolute atomic E-state index is 12.5. The van der Waals surface area contributed by atoms with Crippen molar-refractivity contribution >= 4 is 16.9 Å². The van der Waals surface area contributed by atoms with Gasteiger partial charge in [0.05, 0.1) is 29.5 Å². The van der Waals surface area contributed by atoms with E-state index in [0.29, 0.717) is 12.8 Å². The fourth-order valence-corrected chi connectivity index (χ4v) is 2.47. The summed E-state index contributed by atoms with van der Waals surface area (Å²) in [6.07, 6.45) is 3.08. The first kappa shape index (κ1) is 15.5. The van der Waals surface area contributed by atoms with Crippen LogP contribution in [0, 0.1) is 0 Å². The molecule has 0 fully saturated rings. The number of amides is 1. The molecule has 1 unspecified atom stereocenters. The molecule has 0 aliphatic heterocycles. The Labute approximate surface area is 125 Å². The molecule has 1 heterocycles. The van der Waals surface area contributed by atoms with E-state index in [-0.39, 0.29) is 18.6 Å². The van der Waals surface area contributed by atoms with Gasteiger partial charge in [0, 0.05) is 0 Å². The molecular formula is C16H23N3O2. The van der Waals surface area contributed by atoms with Crippen molar-refractivity contribution in [2.24, 2.45) is 0 Å². The average molecular weight is 289 g/mol. The van der Waals surface area contributed by atoms with Gasteiger partial charge in [0.25, 0.3) is 0 Å². The van der Waals surface area contributed by atoms with Crippen LogP contribution in [0.4, 0.5) is 0 Å². The second-order valence-electron chi connectivity index (χ2n) is 5.45. The fraction of sp³-hybridized carbons (Fsp3) is 0.500. The first-order valence-electron chi connectivity index (χ1n) is 7.41. The second-order valence-corrected chi connectivity index (χ2v) is 5.45. The molecule has 5 nitrogen and oxygen atoms in total. The summed E-state index contributed by atoms with van der Waals surface area (Å²) in [6.45, 7) is 5.73. The summed E-state index contributed by atoms with van der Waals surface area (Å²) in [5, 5.41) is 12.6. The number of carbonyl (C=O) groups is 1. The topological polar surface area (TPSA) is 67.2 Å². The Morgan fingerprint density at radius 2 is 2.05 bits per heavy atom. The molecule has 2 aromatic rings. The van der Waals surface area contributed by atoms with Gasteiger partial charge in [0.2, 0.25) is 5.91 Å². The van der Waals surface area contributed by atoms with Gasteiger partial charge in [0.1, 0.15) is 6.04 Å². The van der Waals surface area contributed by atoms with Gasteiger partial charge in [-0.3, -0.25) is 4.79 Å². The summed E-state index contributed by atoms with van der Waals surface area (Å²) in [6, 6.07) is 7.36. The highest BCUT2D eigenvalue weighted by Gasteiger charge is 2.29. The van der Waals surface area contributed by atoms with Crippen LogP contribution in [-0.2, 0) is 4.79 Å². The highest BCUT2D eigenvalue weighted by molar-refractivity contribution is 5.84. The summed E-state index contributed by atoms with van der Waals surface area (Å²) >= 11 is 0. The van der Waals surface area contributed by atoms with E-state index >= 15 is 0 Å².